The summed E-state index contributed by atoms with van der Waals surface area (Å²) in [6.07, 6.45) is 3.26. The molecule has 0 aromatic carbocycles. The summed E-state index contributed by atoms with van der Waals surface area (Å²) in [6, 6.07) is 0. The van der Waals surface area contributed by atoms with Crippen LogP contribution in [0.15, 0.2) is 50.0 Å². The van der Waals surface area contributed by atoms with Crippen LogP contribution in [0.4, 0.5) is 0 Å². The third kappa shape index (κ3) is 4.39. The van der Waals surface area contributed by atoms with Crippen LogP contribution in [0.25, 0.3) is 0 Å². The Morgan fingerprint density at radius 2 is 1.25 bits per heavy atom. The van der Waals surface area contributed by atoms with Gasteiger partial charge in [0.2, 0.25) is 0 Å². The van der Waals surface area contributed by atoms with E-state index in [1.54, 1.807) is 12.2 Å². The first-order valence-corrected chi connectivity index (χ1v) is 3.58. The maximum atomic E-state index is 5.08. The summed E-state index contributed by atoms with van der Waals surface area (Å²) in [4.78, 5) is 0. The van der Waals surface area contributed by atoms with Gasteiger partial charge < -0.3 is 9.47 Å². The van der Waals surface area contributed by atoms with Crippen molar-refractivity contribution in [1.29, 1.82) is 0 Å². The second-order valence-electron chi connectivity index (χ2n) is 2.05. The molecule has 0 heterocycles. The fourth-order valence-electron chi connectivity index (χ4n) is 0.480. The number of ether oxygens (including phenoxy) is 2. The van der Waals surface area contributed by atoms with E-state index in [4.69, 9.17) is 9.47 Å². The molecule has 0 amide bonds. The molecule has 0 atom stereocenters. The molecular formula is C10H14O2. The van der Waals surface area contributed by atoms with Crippen molar-refractivity contribution in [2.24, 2.45) is 0 Å². The maximum absolute atomic E-state index is 5.08. The Labute approximate surface area is 73.5 Å². The van der Waals surface area contributed by atoms with Crippen molar-refractivity contribution in [3.63, 3.8) is 0 Å². The topological polar surface area (TPSA) is 18.5 Å². The van der Waals surface area contributed by atoms with Crippen molar-refractivity contribution >= 4 is 0 Å². The predicted molar refractivity (Wildman–Crippen MR) is 50.6 cm³/mol. The molecule has 2 heteroatoms. The number of rotatable bonds is 7. The van der Waals surface area contributed by atoms with E-state index in [-0.39, 0.29) is 0 Å². The first kappa shape index (κ1) is 10.6. The average Bonchev–Trinajstić information content (AvgIpc) is 2.10. The number of hydrogen-bond donors (Lipinski definition) is 0. The van der Waals surface area contributed by atoms with Crippen LogP contribution in [-0.4, -0.2) is 13.2 Å². The van der Waals surface area contributed by atoms with Crippen molar-refractivity contribution in [2.45, 2.75) is 0 Å². The molecule has 66 valence electrons. The molecule has 0 fully saturated rings. The Morgan fingerprint density at radius 1 is 0.917 bits per heavy atom. The van der Waals surface area contributed by atoms with Gasteiger partial charge >= 0.3 is 0 Å². The third-order valence-corrected chi connectivity index (χ3v) is 1.06. The molecule has 12 heavy (non-hydrogen) atoms. The monoisotopic (exact) mass is 166 g/mol. The minimum atomic E-state index is 0.412. The molecule has 0 spiro atoms. The van der Waals surface area contributed by atoms with E-state index in [2.05, 4.69) is 26.3 Å². The van der Waals surface area contributed by atoms with Gasteiger partial charge in [-0.3, -0.25) is 0 Å². The van der Waals surface area contributed by atoms with E-state index in [0.29, 0.717) is 24.7 Å². The van der Waals surface area contributed by atoms with Gasteiger partial charge in [-0.25, -0.2) is 0 Å². The Kier molecular flexibility index (Phi) is 5.53. The molecule has 0 aliphatic heterocycles. The molecule has 0 saturated heterocycles. The molecule has 0 N–H and O–H groups in total. The van der Waals surface area contributed by atoms with Crippen LogP contribution < -0.4 is 0 Å². The standard InChI is InChI=1S/C10H14O2/c1-5-7-11-9(3)10(4)12-8-6-2/h5-6H,1-4,7-8H2. The second kappa shape index (κ2) is 6.28. The van der Waals surface area contributed by atoms with Crippen molar-refractivity contribution in [1.82, 2.24) is 0 Å². The molecule has 0 rings (SSSR count). The Hall–Kier alpha value is -1.44. The van der Waals surface area contributed by atoms with Crippen LogP contribution in [0, 0.1) is 0 Å². The van der Waals surface area contributed by atoms with Crippen molar-refractivity contribution in [3.8, 4) is 0 Å². The zero-order chi connectivity index (χ0) is 9.40. The minimum Gasteiger partial charge on any atom is -0.486 e. The minimum absolute atomic E-state index is 0.412. The van der Waals surface area contributed by atoms with E-state index >= 15 is 0 Å². The largest absolute Gasteiger partial charge is 0.486 e. The van der Waals surface area contributed by atoms with Gasteiger partial charge in [0.1, 0.15) is 13.2 Å². The van der Waals surface area contributed by atoms with Gasteiger partial charge in [0, 0.05) is 0 Å². The summed E-state index contributed by atoms with van der Waals surface area (Å²) in [5.74, 6) is 0.855. The zero-order valence-corrected chi connectivity index (χ0v) is 7.21. The third-order valence-electron chi connectivity index (χ3n) is 1.06. The molecule has 0 aromatic heterocycles. The van der Waals surface area contributed by atoms with Gasteiger partial charge in [-0.05, 0) is 0 Å². The second-order valence-corrected chi connectivity index (χ2v) is 2.05. The molecule has 2 nitrogen and oxygen atoms in total. The van der Waals surface area contributed by atoms with Crippen LogP contribution in [-0.2, 0) is 9.47 Å². The Morgan fingerprint density at radius 3 is 1.50 bits per heavy atom. The molecule has 0 aromatic rings. The average molecular weight is 166 g/mol. The zero-order valence-electron chi connectivity index (χ0n) is 7.21. The van der Waals surface area contributed by atoms with Gasteiger partial charge in [0.25, 0.3) is 0 Å². The van der Waals surface area contributed by atoms with E-state index in [9.17, 15) is 0 Å². The van der Waals surface area contributed by atoms with Crippen LogP contribution in [0.3, 0.4) is 0 Å². The molecule has 0 unspecified atom stereocenters. The van der Waals surface area contributed by atoms with Gasteiger partial charge in [-0.1, -0.05) is 38.5 Å². The van der Waals surface area contributed by atoms with E-state index in [1.165, 1.54) is 0 Å². The van der Waals surface area contributed by atoms with Crippen LogP contribution >= 0.6 is 0 Å². The summed E-state index contributed by atoms with van der Waals surface area (Å²) in [7, 11) is 0. The Bertz CT molecular complexity index is 170. The highest BCUT2D eigenvalue weighted by Crippen LogP contribution is 2.07. The van der Waals surface area contributed by atoms with Gasteiger partial charge in [0.05, 0.1) is 0 Å². The summed E-state index contributed by atoms with van der Waals surface area (Å²) in [5.41, 5.74) is 0. The maximum Gasteiger partial charge on any atom is 0.153 e. The molecular weight excluding hydrogens is 152 g/mol. The lowest BCUT2D eigenvalue weighted by atomic mass is 10.5. The Balaban J connectivity index is 3.68. The van der Waals surface area contributed by atoms with E-state index in [1.807, 2.05) is 0 Å². The fraction of sp³-hybridized carbons (Fsp3) is 0.200. The summed E-state index contributed by atoms with van der Waals surface area (Å²) >= 11 is 0. The molecule has 0 aliphatic rings. The first-order chi connectivity index (χ1) is 5.72. The highest BCUT2D eigenvalue weighted by atomic mass is 16.5. The molecule has 0 saturated carbocycles. The van der Waals surface area contributed by atoms with E-state index < -0.39 is 0 Å². The smallest absolute Gasteiger partial charge is 0.153 e. The quantitative estimate of drug-likeness (QED) is 0.328. The van der Waals surface area contributed by atoms with Crippen molar-refractivity contribution in [3.05, 3.63) is 50.0 Å². The first-order valence-electron chi connectivity index (χ1n) is 3.58. The normalized spacial score (nSPS) is 8.33. The van der Waals surface area contributed by atoms with Gasteiger partial charge in [-0.2, -0.15) is 0 Å². The van der Waals surface area contributed by atoms with E-state index in [0.717, 1.165) is 0 Å². The SMILES string of the molecule is C=CCOC(=C)C(=C)OCC=C. The predicted octanol–water partition coefficient (Wildman–Crippen LogP) is 2.42. The van der Waals surface area contributed by atoms with Crippen molar-refractivity contribution < 1.29 is 9.47 Å². The molecule has 0 bridgehead atoms. The lowest BCUT2D eigenvalue weighted by Crippen LogP contribution is -1.98. The van der Waals surface area contributed by atoms with Gasteiger partial charge in [0.15, 0.2) is 11.5 Å². The number of hydrogen-bond acceptors (Lipinski definition) is 2. The molecule has 0 aliphatic carbocycles. The lowest BCUT2D eigenvalue weighted by molar-refractivity contribution is 0.183. The lowest BCUT2D eigenvalue weighted by Gasteiger charge is -2.09. The van der Waals surface area contributed by atoms with Crippen molar-refractivity contribution in [2.75, 3.05) is 13.2 Å². The fourth-order valence-corrected chi connectivity index (χ4v) is 0.480. The summed E-state index contributed by atoms with van der Waals surface area (Å²) < 4.78 is 10.2. The highest BCUT2D eigenvalue weighted by Gasteiger charge is 1.99. The van der Waals surface area contributed by atoms with Gasteiger partial charge in [-0.15, -0.1) is 0 Å². The van der Waals surface area contributed by atoms with Crippen LogP contribution in [0.2, 0.25) is 0 Å². The summed E-state index contributed by atoms with van der Waals surface area (Å²) in [5, 5.41) is 0. The molecule has 0 radical (unpaired) electrons. The summed E-state index contributed by atoms with van der Waals surface area (Å²) in [6.45, 7) is 15.1. The van der Waals surface area contributed by atoms with Crippen LogP contribution in [0.1, 0.15) is 0 Å². The van der Waals surface area contributed by atoms with Crippen LogP contribution in [0.5, 0.6) is 0 Å². The highest BCUT2D eigenvalue weighted by molar-refractivity contribution is 5.12.